The fraction of sp³-hybridized carbons (Fsp3) is 0.250. The molecule has 212 valence electrons. The van der Waals surface area contributed by atoms with Gasteiger partial charge in [0.05, 0.1) is 27.5 Å². The lowest BCUT2D eigenvalue weighted by Gasteiger charge is -2.23. The number of halogens is 2. The van der Waals surface area contributed by atoms with E-state index >= 15 is 0 Å². The molecular formula is C32H32Cl2N4O3. The fourth-order valence-electron chi connectivity index (χ4n) is 5.10. The van der Waals surface area contributed by atoms with Crippen molar-refractivity contribution in [1.29, 1.82) is 0 Å². The third-order valence-corrected chi connectivity index (χ3v) is 7.93. The molecule has 1 N–H and O–H groups in total. The van der Waals surface area contributed by atoms with E-state index in [1.807, 2.05) is 42.7 Å². The van der Waals surface area contributed by atoms with Gasteiger partial charge >= 0.3 is 5.97 Å². The van der Waals surface area contributed by atoms with Crippen LogP contribution >= 0.6 is 23.2 Å². The van der Waals surface area contributed by atoms with Gasteiger partial charge in [-0.05, 0) is 78.6 Å². The van der Waals surface area contributed by atoms with Crippen LogP contribution in [0.4, 0.5) is 5.69 Å². The zero-order valence-corrected chi connectivity index (χ0v) is 24.9. The summed E-state index contributed by atoms with van der Waals surface area (Å²) in [7, 11) is 2.07. The highest BCUT2D eigenvalue weighted by Crippen LogP contribution is 2.32. The molecule has 0 radical (unpaired) electrons. The third-order valence-electron chi connectivity index (χ3n) is 7.32. The van der Waals surface area contributed by atoms with E-state index in [4.69, 9.17) is 27.9 Å². The number of benzene rings is 3. The Hall–Kier alpha value is -3.94. The highest BCUT2D eigenvalue weighted by atomic mass is 35.5. The minimum atomic E-state index is -0.918. The van der Waals surface area contributed by atoms with Gasteiger partial charge in [0.25, 0.3) is 0 Å². The molecule has 5 aromatic rings. The predicted octanol–water partition coefficient (Wildman–Crippen LogP) is 7.98. The van der Waals surface area contributed by atoms with Crippen LogP contribution in [0.5, 0.6) is 5.75 Å². The van der Waals surface area contributed by atoms with Gasteiger partial charge in [-0.1, -0.05) is 43.1 Å². The fourth-order valence-corrected chi connectivity index (χ4v) is 5.66. The zero-order valence-electron chi connectivity index (χ0n) is 23.4. The van der Waals surface area contributed by atoms with Gasteiger partial charge in [0.1, 0.15) is 18.0 Å². The summed E-state index contributed by atoms with van der Waals surface area (Å²) in [5, 5.41) is 15.8. The van der Waals surface area contributed by atoms with E-state index in [0.717, 1.165) is 52.3 Å². The van der Waals surface area contributed by atoms with Gasteiger partial charge in [0.15, 0.2) is 0 Å². The normalized spacial score (nSPS) is 11.4. The Morgan fingerprint density at radius 3 is 2.51 bits per heavy atom. The molecule has 0 spiro atoms. The number of rotatable bonds is 10. The summed E-state index contributed by atoms with van der Waals surface area (Å²) in [6.07, 6.45) is 3.85. The molecule has 0 aliphatic heterocycles. The van der Waals surface area contributed by atoms with E-state index in [2.05, 4.69) is 48.5 Å². The molecule has 2 heterocycles. The van der Waals surface area contributed by atoms with Gasteiger partial charge in [0.2, 0.25) is 0 Å². The predicted molar refractivity (Wildman–Crippen MR) is 165 cm³/mol. The van der Waals surface area contributed by atoms with Gasteiger partial charge < -0.3 is 19.3 Å². The van der Waals surface area contributed by atoms with Crippen LogP contribution in [0.15, 0.2) is 73.1 Å². The number of likely N-dealkylation sites (N-methyl/N-ethyl adjacent to an activating group) is 1. The lowest BCUT2D eigenvalue weighted by molar-refractivity contribution is 0.0697. The van der Waals surface area contributed by atoms with Crippen LogP contribution in [0.1, 0.15) is 46.9 Å². The SMILES string of the molecule is Cc1cc(OCc2c(C(C)C)cnn2-c2c(Cl)cccc2Cl)ccc1N(C)CCn1ccc2cc(C(=O)O)ccc21. The second-order valence-corrected chi connectivity index (χ2v) is 11.2. The van der Waals surface area contributed by atoms with E-state index in [0.29, 0.717) is 27.9 Å². The monoisotopic (exact) mass is 590 g/mol. The number of fused-ring (bicyclic) bond motifs is 1. The van der Waals surface area contributed by atoms with E-state index in [9.17, 15) is 9.90 Å². The molecular weight excluding hydrogens is 559 g/mol. The largest absolute Gasteiger partial charge is 0.487 e. The van der Waals surface area contributed by atoms with Crippen molar-refractivity contribution in [3.63, 3.8) is 0 Å². The number of carbonyl (C=O) groups is 1. The van der Waals surface area contributed by atoms with E-state index in [1.165, 1.54) is 0 Å². The zero-order chi connectivity index (χ0) is 29.3. The lowest BCUT2D eigenvalue weighted by atomic mass is 10.0. The number of hydrogen-bond acceptors (Lipinski definition) is 4. The van der Waals surface area contributed by atoms with Gasteiger partial charge in [-0.3, -0.25) is 0 Å². The van der Waals surface area contributed by atoms with Crippen LogP contribution < -0.4 is 9.64 Å². The Morgan fingerprint density at radius 1 is 1.07 bits per heavy atom. The topological polar surface area (TPSA) is 72.5 Å². The molecule has 0 saturated heterocycles. The summed E-state index contributed by atoms with van der Waals surface area (Å²) in [5.74, 6) is 0.0919. The number of carboxylic acids is 1. The number of nitrogens with zero attached hydrogens (tertiary/aromatic N) is 4. The van der Waals surface area contributed by atoms with Gasteiger partial charge in [-0.15, -0.1) is 0 Å². The first kappa shape index (κ1) is 28.6. The molecule has 7 nitrogen and oxygen atoms in total. The molecule has 0 unspecified atom stereocenters. The van der Waals surface area contributed by atoms with Gasteiger partial charge in [0, 0.05) is 42.9 Å². The minimum absolute atomic E-state index is 0.248. The van der Waals surface area contributed by atoms with E-state index in [-0.39, 0.29) is 5.92 Å². The number of carboxylic acid groups (broad SMARTS) is 1. The molecule has 3 aromatic carbocycles. The quantitative estimate of drug-likeness (QED) is 0.178. The Kier molecular flexibility index (Phi) is 8.29. The number of aromatic carboxylic acids is 1. The number of ether oxygens (including phenoxy) is 1. The number of para-hydroxylation sites is 1. The maximum absolute atomic E-state index is 11.3. The van der Waals surface area contributed by atoms with Crippen LogP contribution in [0, 0.1) is 6.92 Å². The third kappa shape index (κ3) is 5.92. The molecule has 0 amide bonds. The molecule has 2 aromatic heterocycles. The summed E-state index contributed by atoms with van der Waals surface area (Å²) in [6, 6.07) is 18.7. The van der Waals surface area contributed by atoms with Crippen molar-refractivity contribution in [2.24, 2.45) is 0 Å². The summed E-state index contributed by atoms with van der Waals surface area (Å²) in [5.41, 5.74) is 6.14. The molecule has 5 rings (SSSR count). The Bertz CT molecular complexity index is 1700. The second kappa shape index (κ2) is 11.9. The van der Waals surface area contributed by atoms with Crippen molar-refractivity contribution in [3.05, 3.63) is 105 Å². The van der Waals surface area contributed by atoms with Crippen LogP contribution in [0.25, 0.3) is 16.6 Å². The van der Waals surface area contributed by atoms with Crippen molar-refractivity contribution in [2.45, 2.75) is 39.8 Å². The van der Waals surface area contributed by atoms with Crippen LogP contribution in [0.2, 0.25) is 10.0 Å². The van der Waals surface area contributed by atoms with Crippen molar-refractivity contribution < 1.29 is 14.6 Å². The Morgan fingerprint density at radius 2 is 1.83 bits per heavy atom. The van der Waals surface area contributed by atoms with Crippen molar-refractivity contribution in [1.82, 2.24) is 14.3 Å². The first-order chi connectivity index (χ1) is 19.6. The summed E-state index contributed by atoms with van der Waals surface area (Å²) in [4.78, 5) is 13.5. The average molecular weight is 592 g/mol. The maximum atomic E-state index is 11.3. The Labute approximate surface area is 249 Å². The van der Waals surface area contributed by atoms with Crippen molar-refractivity contribution in [2.75, 3.05) is 18.5 Å². The smallest absolute Gasteiger partial charge is 0.335 e. The standard InChI is InChI=1S/C32H32Cl2N4O3/c1-20(2)25-18-35-38(31-26(33)6-5-7-27(31)34)30(25)19-41-24-9-11-28(21(3)16-24)36(4)14-15-37-13-12-22-17-23(32(39)40)8-10-29(22)37/h5-13,16-18,20H,14-15,19H2,1-4H3,(H,39,40). The molecule has 0 bridgehead atoms. The average Bonchev–Trinajstić information content (AvgIpc) is 3.54. The van der Waals surface area contributed by atoms with Gasteiger partial charge in [-0.25, -0.2) is 9.48 Å². The van der Waals surface area contributed by atoms with E-state index in [1.54, 1.807) is 28.9 Å². The highest BCUT2D eigenvalue weighted by molar-refractivity contribution is 6.37. The molecule has 9 heteroatoms. The first-order valence-corrected chi connectivity index (χ1v) is 14.2. The summed E-state index contributed by atoms with van der Waals surface area (Å²) >= 11 is 13.0. The van der Waals surface area contributed by atoms with Gasteiger partial charge in [-0.2, -0.15) is 5.10 Å². The molecule has 0 atom stereocenters. The van der Waals surface area contributed by atoms with Crippen LogP contribution in [0.3, 0.4) is 0 Å². The lowest BCUT2D eigenvalue weighted by Crippen LogP contribution is -2.23. The maximum Gasteiger partial charge on any atom is 0.335 e. The molecule has 0 fully saturated rings. The van der Waals surface area contributed by atoms with E-state index < -0.39 is 5.97 Å². The molecule has 0 aliphatic rings. The number of hydrogen-bond donors (Lipinski definition) is 1. The molecule has 0 saturated carbocycles. The number of aryl methyl sites for hydroxylation is 1. The minimum Gasteiger partial charge on any atom is -0.487 e. The summed E-state index contributed by atoms with van der Waals surface area (Å²) < 4.78 is 10.2. The highest BCUT2D eigenvalue weighted by Gasteiger charge is 2.19. The first-order valence-electron chi connectivity index (χ1n) is 13.4. The molecule has 41 heavy (non-hydrogen) atoms. The molecule has 0 aliphatic carbocycles. The Balaban J connectivity index is 1.29. The van der Waals surface area contributed by atoms with Crippen molar-refractivity contribution in [3.8, 4) is 11.4 Å². The van der Waals surface area contributed by atoms with Crippen LogP contribution in [-0.2, 0) is 13.2 Å². The summed E-state index contributed by atoms with van der Waals surface area (Å²) in [6.45, 7) is 8.17. The second-order valence-electron chi connectivity index (χ2n) is 10.4. The van der Waals surface area contributed by atoms with Crippen LogP contribution in [-0.4, -0.2) is 39.0 Å². The number of anilines is 1. The van der Waals surface area contributed by atoms with Crippen molar-refractivity contribution >= 4 is 45.8 Å². The number of aromatic nitrogens is 3.